The highest BCUT2D eigenvalue weighted by Crippen LogP contribution is 2.37. The molecular weight excluding hydrogens is 537 g/mol. The van der Waals surface area contributed by atoms with Gasteiger partial charge in [-0.2, -0.15) is 26.3 Å². The highest BCUT2D eigenvalue weighted by Gasteiger charge is 2.48. The molecule has 4 rings (SSSR count). The first-order valence-electron chi connectivity index (χ1n) is 10.6. The zero-order chi connectivity index (χ0) is 28.6. The van der Waals surface area contributed by atoms with Gasteiger partial charge in [-0.3, -0.25) is 4.98 Å². The Morgan fingerprint density at radius 1 is 1.03 bits per heavy atom. The summed E-state index contributed by atoms with van der Waals surface area (Å²) < 4.78 is 88.4. The molecule has 2 aliphatic rings. The molecule has 10 nitrogen and oxygen atoms in total. The molecule has 17 heteroatoms. The number of nitrogens with zero attached hydrogens (tertiary/aromatic N) is 4. The first kappa shape index (κ1) is 30.6. The molecule has 1 atom stereocenters. The van der Waals surface area contributed by atoms with Gasteiger partial charge in [-0.05, 0) is 24.1 Å². The molecule has 0 radical (unpaired) electrons. The predicted molar refractivity (Wildman–Crippen MR) is 112 cm³/mol. The van der Waals surface area contributed by atoms with Gasteiger partial charge in [0.1, 0.15) is 5.60 Å². The number of alkyl halides is 6. The van der Waals surface area contributed by atoms with Crippen LogP contribution in [-0.2, 0) is 25.7 Å². The minimum atomic E-state index is -5.08. The summed E-state index contributed by atoms with van der Waals surface area (Å²) in [6.45, 7) is 2.72. The molecule has 2 aromatic heterocycles. The lowest BCUT2D eigenvalue weighted by molar-refractivity contribution is -0.193. The highest BCUT2D eigenvalue weighted by atomic mass is 19.4. The average Bonchev–Trinajstić information content (AvgIpc) is 2.82. The van der Waals surface area contributed by atoms with Crippen LogP contribution < -0.4 is 4.90 Å². The van der Waals surface area contributed by atoms with E-state index in [1.807, 2.05) is 17.0 Å². The minimum Gasteiger partial charge on any atom is -0.475 e. The van der Waals surface area contributed by atoms with Crippen molar-refractivity contribution in [1.82, 2.24) is 15.0 Å². The maximum absolute atomic E-state index is 12.9. The molecule has 0 bridgehead atoms. The van der Waals surface area contributed by atoms with E-state index < -0.39 is 30.1 Å². The Bertz CT molecular complexity index is 1020. The lowest BCUT2D eigenvalue weighted by Crippen LogP contribution is -2.66. The van der Waals surface area contributed by atoms with Crippen LogP contribution in [0.2, 0.25) is 0 Å². The number of aliphatic carboxylic acids is 2. The summed E-state index contributed by atoms with van der Waals surface area (Å²) in [5.74, 6) is -5.39. The zero-order valence-corrected chi connectivity index (χ0v) is 19.2. The van der Waals surface area contributed by atoms with E-state index >= 15 is 0 Å². The summed E-state index contributed by atoms with van der Waals surface area (Å²) in [4.78, 5) is 31.8. The zero-order valence-electron chi connectivity index (χ0n) is 19.2. The normalized spacial score (nSPS) is 18.3. The number of hydrogen-bond acceptors (Lipinski definition) is 8. The molecule has 0 aliphatic carbocycles. The standard InChI is InChI=1S/C17H19FN4O2.2C2HF3O2/c18-14-8-20-16(21-9-14)22-11-17(12-22)7-15(3-6-24-17)23-10-13-1-4-19-5-2-13;2*3-2(4,5)1(6)7/h1-2,4-5,8-9,15H,3,6-7,10-12H2;2*(H,6,7). The van der Waals surface area contributed by atoms with E-state index in [1.165, 1.54) is 12.4 Å². The quantitative estimate of drug-likeness (QED) is 0.539. The molecule has 1 unspecified atom stereocenters. The van der Waals surface area contributed by atoms with E-state index in [4.69, 9.17) is 29.3 Å². The summed E-state index contributed by atoms with van der Waals surface area (Å²) in [5, 5.41) is 14.2. The van der Waals surface area contributed by atoms with Crippen molar-refractivity contribution in [3.63, 3.8) is 0 Å². The largest absolute Gasteiger partial charge is 0.490 e. The number of rotatable bonds is 4. The number of carbonyl (C=O) groups is 2. The summed E-state index contributed by atoms with van der Waals surface area (Å²) in [6, 6.07) is 3.93. The first-order valence-corrected chi connectivity index (χ1v) is 10.6. The van der Waals surface area contributed by atoms with Crippen LogP contribution in [0.3, 0.4) is 0 Å². The van der Waals surface area contributed by atoms with Crippen molar-refractivity contribution in [3.05, 3.63) is 48.3 Å². The molecule has 2 N–H and O–H groups in total. The Hall–Kier alpha value is -3.60. The van der Waals surface area contributed by atoms with Gasteiger partial charge in [-0.1, -0.05) is 0 Å². The fraction of sp³-hybridized carbons (Fsp3) is 0.476. The van der Waals surface area contributed by atoms with Crippen LogP contribution in [0.4, 0.5) is 36.7 Å². The van der Waals surface area contributed by atoms with Crippen LogP contribution in [0.25, 0.3) is 0 Å². The van der Waals surface area contributed by atoms with Gasteiger partial charge in [0.25, 0.3) is 0 Å². The molecule has 0 saturated carbocycles. The summed E-state index contributed by atoms with van der Waals surface area (Å²) in [6.07, 6.45) is -2.29. The van der Waals surface area contributed by atoms with Crippen molar-refractivity contribution in [2.45, 2.75) is 43.5 Å². The molecular formula is C21H21F7N4O6. The molecule has 2 aliphatic heterocycles. The van der Waals surface area contributed by atoms with Crippen molar-refractivity contribution in [2.24, 2.45) is 0 Å². The van der Waals surface area contributed by atoms with Crippen LogP contribution in [0.1, 0.15) is 18.4 Å². The Morgan fingerprint density at radius 2 is 1.53 bits per heavy atom. The van der Waals surface area contributed by atoms with Gasteiger partial charge in [0.2, 0.25) is 5.95 Å². The van der Waals surface area contributed by atoms with Crippen molar-refractivity contribution in [2.75, 3.05) is 24.6 Å². The summed E-state index contributed by atoms with van der Waals surface area (Å²) in [5.41, 5.74) is 0.930. The van der Waals surface area contributed by atoms with Gasteiger partial charge in [-0.15, -0.1) is 0 Å². The van der Waals surface area contributed by atoms with Gasteiger partial charge in [-0.25, -0.2) is 23.9 Å². The number of halogens is 7. The van der Waals surface area contributed by atoms with Gasteiger partial charge in [0.15, 0.2) is 5.82 Å². The van der Waals surface area contributed by atoms with Crippen molar-refractivity contribution in [1.29, 1.82) is 0 Å². The smallest absolute Gasteiger partial charge is 0.475 e. The Morgan fingerprint density at radius 3 is 2.00 bits per heavy atom. The molecule has 2 fully saturated rings. The number of pyridine rings is 1. The van der Waals surface area contributed by atoms with E-state index in [1.54, 1.807) is 12.4 Å². The second-order valence-electron chi connectivity index (χ2n) is 7.98. The fourth-order valence-corrected chi connectivity index (χ4v) is 3.30. The number of hydrogen-bond donors (Lipinski definition) is 2. The third-order valence-corrected chi connectivity index (χ3v) is 5.02. The van der Waals surface area contributed by atoms with Crippen LogP contribution >= 0.6 is 0 Å². The monoisotopic (exact) mass is 558 g/mol. The molecule has 0 amide bonds. The fourth-order valence-electron chi connectivity index (χ4n) is 3.30. The van der Waals surface area contributed by atoms with Gasteiger partial charge in [0, 0.05) is 25.4 Å². The summed E-state index contributed by atoms with van der Waals surface area (Å²) in [7, 11) is 0. The number of anilines is 1. The van der Waals surface area contributed by atoms with Crippen LogP contribution in [0, 0.1) is 5.82 Å². The number of carboxylic acid groups (broad SMARTS) is 2. The Labute approximate surface area is 210 Å². The topological polar surface area (TPSA) is 135 Å². The van der Waals surface area contributed by atoms with Gasteiger partial charge < -0.3 is 24.6 Å². The lowest BCUT2D eigenvalue weighted by Gasteiger charge is -2.52. The van der Waals surface area contributed by atoms with E-state index in [-0.39, 0.29) is 11.7 Å². The molecule has 38 heavy (non-hydrogen) atoms. The van der Waals surface area contributed by atoms with Crippen molar-refractivity contribution in [3.8, 4) is 0 Å². The molecule has 210 valence electrons. The van der Waals surface area contributed by atoms with Crippen LogP contribution in [0.5, 0.6) is 0 Å². The second-order valence-corrected chi connectivity index (χ2v) is 7.98. The van der Waals surface area contributed by atoms with Crippen LogP contribution in [0.15, 0.2) is 36.9 Å². The molecule has 4 heterocycles. The lowest BCUT2D eigenvalue weighted by atomic mass is 9.85. The van der Waals surface area contributed by atoms with E-state index in [0.29, 0.717) is 32.3 Å². The molecule has 2 saturated heterocycles. The van der Waals surface area contributed by atoms with Gasteiger partial charge >= 0.3 is 24.3 Å². The maximum Gasteiger partial charge on any atom is 0.490 e. The first-order chi connectivity index (χ1) is 17.6. The third-order valence-electron chi connectivity index (χ3n) is 5.02. The SMILES string of the molecule is Fc1cnc(N2CC3(CC(OCc4ccncc4)CCO3)C2)nc1.O=C(O)C(F)(F)F.O=C(O)C(F)(F)F. The third kappa shape index (κ3) is 9.70. The number of ether oxygens (including phenoxy) is 2. The number of aromatic nitrogens is 3. The predicted octanol–water partition coefficient (Wildman–Crippen LogP) is 3.23. The Balaban J connectivity index is 0.000000301. The second kappa shape index (κ2) is 12.8. The van der Waals surface area contributed by atoms with Crippen molar-refractivity contribution >= 4 is 17.9 Å². The van der Waals surface area contributed by atoms with Gasteiger partial charge in [0.05, 0.1) is 38.2 Å². The van der Waals surface area contributed by atoms with E-state index in [0.717, 1.165) is 18.4 Å². The molecule has 1 spiro atoms. The molecule has 0 aromatic carbocycles. The number of carboxylic acids is 2. The summed E-state index contributed by atoms with van der Waals surface area (Å²) >= 11 is 0. The average molecular weight is 558 g/mol. The minimum absolute atomic E-state index is 0.184. The highest BCUT2D eigenvalue weighted by molar-refractivity contribution is 5.73. The van der Waals surface area contributed by atoms with Crippen LogP contribution in [-0.4, -0.2) is 80.9 Å². The van der Waals surface area contributed by atoms with Crippen molar-refractivity contribution < 1.29 is 60.0 Å². The van der Waals surface area contributed by atoms with E-state index in [2.05, 4.69) is 15.0 Å². The maximum atomic E-state index is 12.9. The molecule has 2 aromatic rings. The Kier molecular flexibility index (Phi) is 10.3. The van der Waals surface area contributed by atoms with E-state index in [9.17, 15) is 30.7 Å².